The monoisotopic (exact) mass is 412 g/mol. The second-order valence-electron chi connectivity index (χ2n) is 7.42. The van der Waals surface area contributed by atoms with E-state index in [1.54, 1.807) is 12.1 Å². The Morgan fingerprint density at radius 3 is 2.44 bits per heavy atom. The second kappa shape index (κ2) is 8.39. The van der Waals surface area contributed by atoms with E-state index in [1.807, 2.05) is 0 Å². The number of halogens is 1. The fourth-order valence-electron chi connectivity index (χ4n) is 3.85. The molecule has 0 unspecified atom stereocenters. The number of rotatable bonds is 7. The molecule has 8 heteroatoms. The van der Waals surface area contributed by atoms with Gasteiger partial charge in [-0.25, -0.2) is 12.7 Å². The van der Waals surface area contributed by atoms with Crippen LogP contribution in [-0.2, 0) is 27.7 Å². The molecule has 6 nitrogen and oxygen atoms in total. The van der Waals surface area contributed by atoms with E-state index in [0.717, 1.165) is 11.1 Å². The normalized spacial score (nSPS) is 18.7. The van der Waals surface area contributed by atoms with Crippen LogP contribution in [0.4, 0.5) is 0 Å². The highest BCUT2D eigenvalue weighted by atomic mass is 35.5. The van der Waals surface area contributed by atoms with Crippen LogP contribution in [0.15, 0.2) is 12.1 Å². The predicted molar refractivity (Wildman–Crippen MR) is 105 cm³/mol. The lowest BCUT2D eigenvalue weighted by atomic mass is 9.90. The van der Waals surface area contributed by atoms with Gasteiger partial charge in [-0.3, -0.25) is 9.59 Å². The summed E-state index contributed by atoms with van der Waals surface area (Å²) in [7, 11) is -3.25. The number of nitrogens with zero attached hydrogens (tertiary/aromatic N) is 1. The Hall–Kier alpha value is -1.28. The van der Waals surface area contributed by atoms with Gasteiger partial charge in [0.15, 0.2) is 5.78 Å². The number of carbonyl (C=O) groups is 2. The van der Waals surface area contributed by atoms with Gasteiger partial charge in [-0.15, -0.1) is 0 Å². The smallest absolute Gasteiger partial charge is 0.214 e. The molecule has 1 saturated heterocycles. The zero-order valence-electron chi connectivity index (χ0n) is 15.2. The van der Waals surface area contributed by atoms with Gasteiger partial charge in [0.25, 0.3) is 0 Å². The highest BCUT2D eigenvalue weighted by Gasteiger charge is 2.29. The van der Waals surface area contributed by atoms with Crippen LogP contribution in [0.5, 0.6) is 0 Å². The van der Waals surface area contributed by atoms with E-state index in [4.69, 9.17) is 17.3 Å². The van der Waals surface area contributed by atoms with Crippen LogP contribution in [-0.4, -0.2) is 49.7 Å². The van der Waals surface area contributed by atoms with Crippen molar-refractivity contribution >= 4 is 33.2 Å². The van der Waals surface area contributed by atoms with Crippen LogP contribution >= 0.6 is 11.6 Å². The number of sulfonamides is 1. The molecule has 1 aliphatic carbocycles. The number of benzene rings is 1. The fourth-order valence-corrected chi connectivity index (χ4v) is 5.70. The van der Waals surface area contributed by atoms with Gasteiger partial charge in [0, 0.05) is 37.9 Å². The molecule has 0 spiro atoms. The minimum Gasteiger partial charge on any atom is -0.330 e. The van der Waals surface area contributed by atoms with Crippen molar-refractivity contribution in [1.82, 2.24) is 4.31 Å². The molecule has 1 fully saturated rings. The van der Waals surface area contributed by atoms with Gasteiger partial charge in [0.1, 0.15) is 5.78 Å². The molecule has 0 saturated carbocycles. The first kappa shape index (κ1) is 20.5. The lowest BCUT2D eigenvalue weighted by Crippen LogP contribution is -2.40. The van der Waals surface area contributed by atoms with Crippen molar-refractivity contribution in [2.24, 2.45) is 11.7 Å². The summed E-state index contributed by atoms with van der Waals surface area (Å²) in [4.78, 5) is 24.3. The largest absolute Gasteiger partial charge is 0.330 e. The molecule has 1 heterocycles. The number of Topliss-reactive ketones (excluding diaryl/α,β-unsaturated/α-hetero) is 2. The molecule has 1 aliphatic heterocycles. The minimum atomic E-state index is -3.25. The van der Waals surface area contributed by atoms with Crippen LogP contribution in [0, 0.1) is 5.92 Å². The van der Waals surface area contributed by atoms with Crippen LogP contribution < -0.4 is 5.73 Å². The molecule has 2 aliphatic rings. The van der Waals surface area contributed by atoms with Crippen molar-refractivity contribution in [2.45, 2.75) is 38.5 Å². The van der Waals surface area contributed by atoms with Crippen molar-refractivity contribution in [1.29, 1.82) is 0 Å². The molecule has 3 rings (SSSR count). The minimum absolute atomic E-state index is 0.0356. The van der Waals surface area contributed by atoms with Crippen LogP contribution in [0.3, 0.4) is 0 Å². The number of piperidine rings is 1. The van der Waals surface area contributed by atoms with Gasteiger partial charge in [-0.1, -0.05) is 11.6 Å². The third kappa shape index (κ3) is 4.77. The van der Waals surface area contributed by atoms with Gasteiger partial charge in [-0.05, 0) is 55.0 Å². The van der Waals surface area contributed by atoms with Crippen LogP contribution in [0.1, 0.15) is 47.2 Å². The third-order valence-electron chi connectivity index (χ3n) is 5.41. The van der Waals surface area contributed by atoms with E-state index in [1.165, 1.54) is 4.31 Å². The molecule has 0 atom stereocenters. The average Bonchev–Trinajstić information content (AvgIpc) is 2.98. The number of hydrogen-bond donors (Lipinski definition) is 1. The van der Waals surface area contributed by atoms with E-state index in [9.17, 15) is 18.0 Å². The van der Waals surface area contributed by atoms with Gasteiger partial charge < -0.3 is 5.73 Å². The molecular weight excluding hydrogens is 388 g/mol. The fraction of sp³-hybridized carbons (Fsp3) is 0.579. The predicted octanol–water partition coefficient (Wildman–Crippen LogP) is 1.97. The summed E-state index contributed by atoms with van der Waals surface area (Å²) in [5, 5.41) is 0.398. The average molecular weight is 413 g/mol. The molecule has 0 radical (unpaired) electrons. The Labute approximate surface area is 165 Å². The van der Waals surface area contributed by atoms with Crippen molar-refractivity contribution < 1.29 is 18.0 Å². The Bertz CT molecular complexity index is 846. The maximum absolute atomic E-state index is 12.7. The molecule has 1 aromatic carbocycles. The standard InChI is InChI=1S/C19H25ClN2O4S/c20-18-12-15-10-16(23)9-14(15)11-17(18)19(24)8-13-2-5-22(6-3-13)27(25,26)7-1-4-21/h11-13H,1-10,21H2. The maximum atomic E-state index is 12.7. The SMILES string of the molecule is NCCCS(=O)(=O)N1CCC(CC(=O)c2cc3c(cc2Cl)CC(=O)C3)CC1. The third-order valence-corrected chi connectivity index (χ3v) is 7.68. The number of carbonyl (C=O) groups excluding carboxylic acids is 2. The Kier molecular flexibility index (Phi) is 6.35. The molecule has 148 valence electrons. The molecule has 0 amide bonds. The Morgan fingerprint density at radius 1 is 1.19 bits per heavy atom. The second-order valence-corrected chi connectivity index (χ2v) is 9.92. The summed E-state index contributed by atoms with van der Waals surface area (Å²) in [5.74, 6) is 0.334. The molecule has 1 aromatic rings. The number of hydrogen-bond acceptors (Lipinski definition) is 5. The van der Waals surface area contributed by atoms with E-state index in [2.05, 4.69) is 0 Å². The Morgan fingerprint density at radius 2 is 1.81 bits per heavy atom. The summed E-state index contributed by atoms with van der Waals surface area (Å²) in [5.41, 5.74) is 7.69. The van der Waals surface area contributed by atoms with Crippen molar-refractivity contribution in [2.75, 3.05) is 25.4 Å². The molecular formula is C19H25ClN2O4S. The topological polar surface area (TPSA) is 97.5 Å². The zero-order chi connectivity index (χ0) is 19.6. The Balaban J connectivity index is 1.59. The van der Waals surface area contributed by atoms with Crippen molar-refractivity contribution in [3.63, 3.8) is 0 Å². The van der Waals surface area contributed by atoms with E-state index in [-0.39, 0.29) is 23.2 Å². The lowest BCUT2D eigenvalue weighted by molar-refractivity contribution is -0.117. The van der Waals surface area contributed by atoms with E-state index >= 15 is 0 Å². The summed E-state index contributed by atoms with van der Waals surface area (Å²) < 4.78 is 26.0. The molecule has 27 heavy (non-hydrogen) atoms. The van der Waals surface area contributed by atoms with Crippen molar-refractivity contribution in [3.05, 3.63) is 33.8 Å². The first-order chi connectivity index (χ1) is 12.8. The van der Waals surface area contributed by atoms with Gasteiger partial charge >= 0.3 is 0 Å². The van der Waals surface area contributed by atoms with Gasteiger partial charge in [0.2, 0.25) is 10.0 Å². The van der Waals surface area contributed by atoms with Crippen molar-refractivity contribution in [3.8, 4) is 0 Å². The number of nitrogens with two attached hydrogens (primary N) is 1. The summed E-state index contributed by atoms with van der Waals surface area (Å²) in [6.45, 7) is 1.24. The first-order valence-corrected chi connectivity index (χ1v) is 11.3. The molecule has 2 N–H and O–H groups in total. The molecule has 0 aromatic heterocycles. The van der Waals surface area contributed by atoms with E-state index in [0.29, 0.717) is 68.7 Å². The van der Waals surface area contributed by atoms with Gasteiger partial charge in [0.05, 0.1) is 10.8 Å². The zero-order valence-corrected chi connectivity index (χ0v) is 16.8. The van der Waals surface area contributed by atoms with Crippen LogP contribution in [0.2, 0.25) is 5.02 Å². The maximum Gasteiger partial charge on any atom is 0.214 e. The van der Waals surface area contributed by atoms with Crippen LogP contribution in [0.25, 0.3) is 0 Å². The quantitative estimate of drug-likeness (QED) is 0.690. The highest BCUT2D eigenvalue weighted by molar-refractivity contribution is 7.89. The van der Waals surface area contributed by atoms with Gasteiger partial charge in [-0.2, -0.15) is 0 Å². The number of fused-ring (bicyclic) bond motifs is 1. The number of ketones is 2. The van der Waals surface area contributed by atoms with E-state index < -0.39 is 10.0 Å². The summed E-state index contributed by atoms with van der Waals surface area (Å²) >= 11 is 6.27. The lowest BCUT2D eigenvalue weighted by Gasteiger charge is -2.31. The summed E-state index contributed by atoms with van der Waals surface area (Å²) in [6.07, 6.45) is 2.89. The molecule has 0 bridgehead atoms. The summed E-state index contributed by atoms with van der Waals surface area (Å²) in [6, 6.07) is 3.50. The highest BCUT2D eigenvalue weighted by Crippen LogP contribution is 2.30. The first-order valence-electron chi connectivity index (χ1n) is 9.34.